The summed E-state index contributed by atoms with van der Waals surface area (Å²) in [5.74, 6) is 2.32. The number of anilines is 1. The topological polar surface area (TPSA) is 47.0 Å². The third kappa shape index (κ3) is 3.63. The summed E-state index contributed by atoms with van der Waals surface area (Å²) >= 11 is 0. The van der Waals surface area contributed by atoms with E-state index in [1.165, 1.54) is 18.4 Å². The van der Waals surface area contributed by atoms with E-state index in [0.717, 1.165) is 36.5 Å². The fraction of sp³-hybridized carbons (Fsp3) is 0.474. The first-order valence-corrected chi connectivity index (χ1v) is 8.51. The normalized spacial score (nSPS) is 21.0. The van der Waals surface area contributed by atoms with Crippen LogP contribution in [0.15, 0.2) is 36.7 Å². The highest BCUT2D eigenvalue weighted by Gasteiger charge is 2.23. The Morgan fingerprint density at radius 1 is 1.09 bits per heavy atom. The molecule has 4 nitrogen and oxygen atoms in total. The van der Waals surface area contributed by atoms with Crippen molar-refractivity contribution in [3.05, 3.63) is 47.9 Å². The smallest absolute Gasteiger partial charge is 0.182 e. The molecule has 0 atom stereocenters. The first-order valence-electron chi connectivity index (χ1n) is 8.51. The minimum absolute atomic E-state index is 0.462. The molecule has 1 aromatic carbocycles. The molecule has 0 saturated heterocycles. The first-order chi connectivity index (χ1) is 11.3. The summed E-state index contributed by atoms with van der Waals surface area (Å²) in [6.07, 6.45) is 7.23. The third-order valence-corrected chi connectivity index (χ3v) is 4.76. The lowest BCUT2D eigenvalue weighted by Gasteiger charge is -2.30. The van der Waals surface area contributed by atoms with Gasteiger partial charge in [-0.2, -0.15) is 0 Å². The third-order valence-electron chi connectivity index (χ3n) is 4.76. The highest BCUT2D eigenvalue weighted by Crippen LogP contribution is 2.35. The number of ether oxygens (including phenoxy) is 1. The van der Waals surface area contributed by atoms with Gasteiger partial charge in [0.1, 0.15) is 6.33 Å². The second kappa shape index (κ2) is 7.44. The van der Waals surface area contributed by atoms with E-state index in [9.17, 15) is 0 Å². The number of hydrogen-bond donors (Lipinski definition) is 1. The number of nitrogens with zero attached hydrogens (tertiary/aromatic N) is 2. The monoisotopic (exact) mass is 311 g/mol. The molecule has 1 fully saturated rings. The maximum atomic E-state index is 5.51. The summed E-state index contributed by atoms with van der Waals surface area (Å²) in [6.45, 7) is 2.08. The zero-order chi connectivity index (χ0) is 16.1. The fourth-order valence-corrected chi connectivity index (χ4v) is 3.47. The average molecular weight is 311 g/mol. The molecular formula is C19H25N3O. The van der Waals surface area contributed by atoms with Gasteiger partial charge in [0.05, 0.1) is 12.8 Å². The lowest BCUT2D eigenvalue weighted by molar-refractivity contribution is 0.396. The number of benzene rings is 1. The standard InChI is InChI=1S/C19H25N3O/c1-3-17-18(23-2)19(21-13-20-17)22-16-11-9-15(10-12-16)14-7-5-4-6-8-14/h4-8,13,15-16H,3,9-12H2,1-2H3,(H,20,21,22). The van der Waals surface area contributed by atoms with Gasteiger partial charge in [-0.3, -0.25) is 0 Å². The van der Waals surface area contributed by atoms with Crippen molar-refractivity contribution < 1.29 is 4.74 Å². The molecule has 2 aromatic rings. The van der Waals surface area contributed by atoms with Gasteiger partial charge in [-0.25, -0.2) is 9.97 Å². The Morgan fingerprint density at radius 3 is 2.48 bits per heavy atom. The van der Waals surface area contributed by atoms with Crippen molar-refractivity contribution >= 4 is 5.82 Å². The number of methoxy groups -OCH3 is 1. The lowest BCUT2D eigenvalue weighted by atomic mass is 9.82. The second-order valence-electron chi connectivity index (χ2n) is 6.16. The van der Waals surface area contributed by atoms with Gasteiger partial charge < -0.3 is 10.1 Å². The van der Waals surface area contributed by atoms with Crippen molar-refractivity contribution in [2.24, 2.45) is 0 Å². The summed E-state index contributed by atoms with van der Waals surface area (Å²) in [5.41, 5.74) is 2.43. The number of aryl methyl sites for hydroxylation is 1. The molecule has 4 heteroatoms. The summed E-state index contributed by atoms with van der Waals surface area (Å²) < 4.78 is 5.51. The zero-order valence-electron chi connectivity index (χ0n) is 14.0. The molecule has 3 rings (SSSR count). The maximum Gasteiger partial charge on any atom is 0.182 e. The van der Waals surface area contributed by atoms with Crippen LogP contribution >= 0.6 is 0 Å². The van der Waals surface area contributed by atoms with Gasteiger partial charge >= 0.3 is 0 Å². The van der Waals surface area contributed by atoms with Gasteiger partial charge in [-0.15, -0.1) is 0 Å². The van der Waals surface area contributed by atoms with Crippen LogP contribution in [-0.4, -0.2) is 23.1 Å². The van der Waals surface area contributed by atoms with E-state index in [4.69, 9.17) is 4.74 Å². The summed E-state index contributed by atoms with van der Waals surface area (Å²) in [4.78, 5) is 8.68. The Kier molecular flexibility index (Phi) is 5.11. The van der Waals surface area contributed by atoms with Gasteiger partial charge in [0, 0.05) is 6.04 Å². The van der Waals surface area contributed by atoms with Crippen LogP contribution < -0.4 is 10.1 Å². The van der Waals surface area contributed by atoms with Crippen LogP contribution in [-0.2, 0) is 6.42 Å². The van der Waals surface area contributed by atoms with Gasteiger partial charge in [-0.05, 0) is 43.6 Å². The highest BCUT2D eigenvalue weighted by atomic mass is 16.5. The SMILES string of the molecule is CCc1ncnc(NC2CCC(c3ccccc3)CC2)c1OC. The molecule has 1 N–H and O–H groups in total. The Bertz CT molecular complexity index is 622. The van der Waals surface area contributed by atoms with Crippen molar-refractivity contribution in [1.82, 2.24) is 9.97 Å². The van der Waals surface area contributed by atoms with Crippen molar-refractivity contribution in [3.63, 3.8) is 0 Å². The first kappa shape index (κ1) is 15.8. The predicted molar refractivity (Wildman–Crippen MR) is 93.0 cm³/mol. The molecule has 0 radical (unpaired) electrons. The largest absolute Gasteiger partial charge is 0.491 e. The summed E-state index contributed by atoms with van der Waals surface area (Å²) in [6, 6.07) is 11.3. The van der Waals surface area contributed by atoms with Crippen LogP contribution in [0.3, 0.4) is 0 Å². The molecule has 1 saturated carbocycles. The molecule has 1 aliphatic rings. The van der Waals surface area contributed by atoms with Crippen molar-refractivity contribution in [2.75, 3.05) is 12.4 Å². The molecule has 0 aliphatic heterocycles. The predicted octanol–water partition coefficient (Wildman–Crippen LogP) is 4.19. The van der Waals surface area contributed by atoms with Crippen molar-refractivity contribution in [2.45, 2.75) is 51.0 Å². The van der Waals surface area contributed by atoms with Crippen LogP contribution in [0.25, 0.3) is 0 Å². The second-order valence-corrected chi connectivity index (χ2v) is 6.16. The van der Waals surface area contributed by atoms with E-state index in [0.29, 0.717) is 12.0 Å². The van der Waals surface area contributed by atoms with Crippen molar-refractivity contribution in [3.8, 4) is 5.75 Å². The molecule has 0 unspecified atom stereocenters. The molecule has 0 bridgehead atoms. The van der Waals surface area contributed by atoms with Crippen LogP contribution in [0.1, 0.15) is 49.8 Å². The number of nitrogens with one attached hydrogen (secondary N) is 1. The Balaban J connectivity index is 1.63. The van der Waals surface area contributed by atoms with Crippen LogP contribution in [0.4, 0.5) is 5.82 Å². The summed E-state index contributed by atoms with van der Waals surface area (Å²) in [5, 5.41) is 3.57. The molecule has 122 valence electrons. The van der Waals surface area contributed by atoms with Crippen LogP contribution in [0.5, 0.6) is 5.75 Å². The maximum absolute atomic E-state index is 5.51. The summed E-state index contributed by atoms with van der Waals surface area (Å²) in [7, 11) is 1.69. The molecule has 23 heavy (non-hydrogen) atoms. The average Bonchev–Trinajstić information content (AvgIpc) is 2.63. The Labute approximate surface area is 138 Å². The number of aromatic nitrogens is 2. The van der Waals surface area contributed by atoms with Gasteiger partial charge in [0.15, 0.2) is 11.6 Å². The highest BCUT2D eigenvalue weighted by molar-refractivity contribution is 5.52. The quantitative estimate of drug-likeness (QED) is 0.899. The molecule has 1 aliphatic carbocycles. The fourth-order valence-electron chi connectivity index (χ4n) is 3.47. The minimum atomic E-state index is 0.462. The molecular weight excluding hydrogens is 286 g/mol. The van der Waals surface area contributed by atoms with Gasteiger partial charge in [0.2, 0.25) is 0 Å². The van der Waals surface area contributed by atoms with E-state index in [1.807, 2.05) is 0 Å². The Morgan fingerprint density at radius 2 is 1.83 bits per heavy atom. The van der Waals surface area contributed by atoms with Gasteiger partial charge in [0.25, 0.3) is 0 Å². The van der Waals surface area contributed by atoms with Crippen LogP contribution in [0.2, 0.25) is 0 Å². The van der Waals surface area contributed by atoms with Gasteiger partial charge in [-0.1, -0.05) is 37.3 Å². The lowest BCUT2D eigenvalue weighted by Crippen LogP contribution is -2.26. The van der Waals surface area contributed by atoms with E-state index < -0.39 is 0 Å². The number of hydrogen-bond acceptors (Lipinski definition) is 4. The minimum Gasteiger partial charge on any atom is -0.491 e. The zero-order valence-corrected chi connectivity index (χ0v) is 14.0. The van der Waals surface area contributed by atoms with E-state index in [-0.39, 0.29) is 0 Å². The van der Waals surface area contributed by atoms with E-state index >= 15 is 0 Å². The Hall–Kier alpha value is -2.10. The molecule has 0 spiro atoms. The van der Waals surface area contributed by atoms with E-state index in [1.54, 1.807) is 13.4 Å². The van der Waals surface area contributed by atoms with E-state index in [2.05, 4.69) is 52.5 Å². The molecule has 1 aromatic heterocycles. The molecule has 1 heterocycles. The molecule has 0 amide bonds. The number of rotatable bonds is 5. The van der Waals surface area contributed by atoms with Crippen LogP contribution in [0, 0.1) is 0 Å². The van der Waals surface area contributed by atoms with Crippen molar-refractivity contribution in [1.29, 1.82) is 0 Å².